The Morgan fingerprint density at radius 1 is 1.53 bits per heavy atom. The first-order valence-corrected chi connectivity index (χ1v) is 5.77. The lowest BCUT2D eigenvalue weighted by molar-refractivity contribution is 0.330. The van der Waals surface area contributed by atoms with E-state index in [1.54, 1.807) is 0 Å². The third-order valence-corrected chi connectivity index (χ3v) is 2.61. The molecule has 1 atom stereocenters. The number of nitrogens with one attached hydrogen (secondary N) is 1. The number of nitrogens with zero attached hydrogens (tertiary/aromatic N) is 3. The fourth-order valence-electron chi connectivity index (χ4n) is 1.80. The molecule has 0 spiro atoms. The van der Waals surface area contributed by atoms with E-state index in [1.807, 2.05) is 0 Å². The highest BCUT2D eigenvalue weighted by atomic mass is 32.1. The molecule has 0 aliphatic heterocycles. The molecule has 0 aliphatic carbocycles. The zero-order valence-electron chi connectivity index (χ0n) is 9.95. The topological polar surface area (TPSA) is 36.9 Å². The van der Waals surface area contributed by atoms with Crippen molar-refractivity contribution in [3.8, 4) is 0 Å². The number of aromatic nitrogens is 3. The van der Waals surface area contributed by atoms with Crippen LogP contribution in [0.2, 0.25) is 0 Å². The Morgan fingerprint density at radius 3 is 2.73 bits per heavy atom. The molecule has 0 aliphatic rings. The number of H-pyrrole nitrogens is 1. The van der Waals surface area contributed by atoms with Crippen LogP contribution in [0.5, 0.6) is 0 Å². The van der Waals surface area contributed by atoms with Gasteiger partial charge in [0, 0.05) is 19.0 Å². The van der Waals surface area contributed by atoms with Crippen molar-refractivity contribution in [3.05, 3.63) is 10.6 Å². The fourth-order valence-corrected chi connectivity index (χ4v) is 2.13. The molecule has 1 rings (SSSR count). The van der Waals surface area contributed by atoms with Crippen molar-refractivity contribution < 1.29 is 0 Å². The normalized spacial score (nSPS) is 13.4. The summed E-state index contributed by atoms with van der Waals surface area (Å²) in [5.41, 5.74) is 0. The molecule has 0 amide bonds. The summed E-state index contributed by atoms with van der Waals surface area (Å²) in [6.07, 6.45) is 2.07. The highest BCUT2D eigenvalue weighted by Gasteiger charge is 2.12. The van der Waals surface area contributed by atoms with Crippen LogP contribution in [0.1, 0.15) is 32.1 Å². The molecule has 1 aromatic rings. The van der Waals surface area contributed by atoms with Crippen molar-refractivity contribution in [2.24, 2.45) is 0 Å². The van der Waals surface area contributed by atoms with Crippen LogP contribution >= 0.6 is 12.2 Å². The number of likely N-dealkylation sites (N-methyl/N-ethyl adjacent to an activating group) is 1. The van der Waals surface area contributed by atoms with E-state index >= 15 is 0 Å². The van der Waals surface area contributed by atoms with E-state index in [0.29, 0.717) is 6.04 Å². The maximum atomic E-state index is 5.24. The van der Waals surface area contributed by atoms with Gasteiger partial charge in [0.1, 0.15) is 5.82 Å². The second-order valence-corrected chi connectivity index (χ2v) is 4.56. The number of aromatic amines is 1. The fraction of sp³-hybridized carbons (Fsp3) is 0.800. The summed E-state index contributed by atoms with van der Waals surface area (Å²) in [5.74, 6) is 1.07. The van der Waals surface area contributed by atoms with Gasteiger partial charge in [-0.15, -0.1) is 0 Å². The first-order chi connectivity index (χ1) is 7.06. The molecule has 86 valence electrons. The van der Waals surface area contributed by atoms with Gasteiger partial charge in [0.2, 0.25) is 0 Å². The first-order valence-electron chi connectivity index (χ1n) is 5.36. The van der Waals surface area contributed by atoms with Crippen LogP contribution in [0, 0.1) is 4.77 Å². The smallest absolute Gasteiger partial charge is 0.195 e. The monoisotopic (exact) mass is 228 g/mol. The molecule has 1 N–H and O–H groups in total. The highest BCUT2D eigenvalue weighted by molar-refractivity contribution is 7.71. The van der Waals surface area contributed by atoms with Gasteiger partial charge in [0.05, 0.1) is 0 Å². The van der Waals surface area contributed by atoms with E-state index in [9.17, 15) is 0 Å². The van der Waals surface area contributed by atoms with Gasteiger partial charge in [-0.25, -0.2) is 0 Å². The minimum Gasteiger partial charge on any atom is -0.307 e. The number of rotatable bonds is 5. The molecular weight excluding hydrogens is 208 g/mol. The van der Waals surface area contributed by atoms with Crippen LogP contribution in [0.25, 0.3) is 0 Å². The minimum atomic E-state index is 0.368. The molecule has 15 heavy (non-hydrogen) atoms. The van der Waals surface area contributed by atoms with Crippen LogP contribution in [0.4, 0.5) is 0 Å². The zero-order valence-corrected chi connectivity index (χ0v) is 10.8. The molecule has 4 nitrogen and oxygen atoms in total. The van der Waals surface area contributed by atoms with Crippen molar-refractivity contribution in [2.75, 3.05) is 20.6 Å². The second kappa shape index (κ2) is 5.42. The van der Waals surface area contributed by atoms with E-state index in [4.69, 9.17) is 12.2 Å². The number of aryl methyl sites for hydroxylation is 1. The van der Waals surface area contributed by atoms with Crippen LogP contribution in [-0.4, -0.2) is 40.3 Å². The summed E-state index contributed by atoms with van der Waals surface area (Å²) in [5, 5.41) is 7.13. The van der Waals surface area contributed by atoms with E-state index < -0.39 is 0 Å². The van der Waals surface area contributed by atoms with E-state index in [2.05, 4.69) is 47.6 Å². The second-order valence-electron chi connectivity index (χ2n) is 4.18. The largest absolute Gasteiger partial charge is 0.307 e. The number of hydrogen-bond donors (Lipinski definition) is 1. The molecule has 0 fully saturated rings. The lowest BCUT2D eigenvalue weighted by atomic mass is 10.2. The predicted octanol–water partition coefficient (Wildman–Crippen LogP) is 2.02. The average Bonchev–Trinajstić information content (AvgIpc) is 2.46. The van der Waals surface area contributed by atoms with Gasteiger partial charge < -0.3 is 9.47 Å². The molecule has 1 aromatic heterocycles. The Kier molecular flexibility index (Phi) is 4.47. The molecule has 1 unspecified atom stereocenters. The van der Waals surface area contributed by atoms with E-state index in [-0.39, 0.29) is 0 Å². The third-order valence-electron chi connectivity index (χ3n) is 2.32. The van der Waals surface area contributed by atoms with Crippen LogP contribution in [-0.2, 0) is 6.42 Å². The Hall–Kier alpha value is -0.680. The van der Waals surface area contributed by atoms with E-state index in [1.165, 1.54) is 0 Å². The Balaban J connectivity index is 2.90. The van der Waals surface area contributed by atoms with Crippen molar-refractivity contribution in [1.82, 2.24) is 19.7 Å². The molecule has 5 heteroatoms. The lowest BCUT2D eigenvalue weighted by Crippen LogP contribution is -2.23. The van der Waals surface area contributed by atoms with Crippen molar-refractivity contribution in [1.29, 1.82) is 0 Å². The molecular formula is C10H20N4S. The molecule has 0 bridgehead atoms. The van der Waals surface area contributed by atoms with E-state index in [0.717, 1.165) is 30.0 Å². The van der Waals surface area contributed by atoms with Gasteiger partial charge in [0.25, 0.3) is 0 Å². The van der Waals surface area contributed by atoms with Gasteiger partial charge in [0.15, 0.2) is 4.77 Å². The van der Waals surface area contributed by atoms with Crippen LogP contribution in [0.15, 0.2) is 0 Å². The third kappa shape index (κ3) is 3.14. The Bertz CT molecular complexity index is 353. The SMILES string of the molecule is CCCc1n[nH]c(=S)n1C(C)CN(C)C. The van der Waals surface area contributed by atoms with Crippen molar-refractivity contribution in [3.63, 3.8) is 0 Å². The Morgan fingerprint density at radius 2 is 2.20 bits per heavy atom. The summed E-state index contributed by atoms with van der Waals surface area (Å²) in [6, 6.07) is 0.368. The summed E-state index contributed by atoms with van der Waals surface area (Å²) in [4.78, 5) is 2.16. The van der Waals surface area contributed by atoms with Crippen molar-refractivity contribution in [2.45, 2.75) is 32.7 Å². The van der Waals surface area contributed by atoms with Gasteiger partial charge in [-0.2, -0.15) is 5.10 Å². The van der Waals surface area contributed by atoms with Gasteiger partial charge in [-0.3, -0.25) is 5.10 Å². The lowest BCUT2D eigenvalue weighted by Gasteiger charge is -2.19. The van der Waals surface area contributed by atoms with Gasteiger partial charge >= 0.3 is 0 Å². The van der Waals surface area contributed by atoms with Crippen LogP contribution in [0.3, 0.4) is 0 Å². The molecule has 1 heterocycles. The van der Waals surface area contributed by atoms with Gasteiger partial charge in [-0.05, 0) is 39.7 Å². The Labute approximate surface area is 96.3 Å². The highest BCUT2D eigenvalue weighted by Crippen LogP contribution is 2.11. The quantitative estimate of drug-likeness (QED) is 0.783. The maximum absolute atomic E-state index is 5.24. The minimum absolute atomic E-state index is 0.368. The number of hydrogen-bond acceptors (Lipinski definition) is 3. The summed E-state index contributed by atoms with van der Waals surface area (Å²) < 4.78 is 2.85. The zero-order chi connectivity index (χ0) is 11.4. The summed E-state index contributed by atoms with van der Waals surface area (Å²) in [7, 11) is 4.14. The molecule has 0 radical (unpaired) electrons. The first kappa shape index (κ1) is 12.4. The standard InChI is InChI=1S/C10H20N4S/c1-5-6-9-11-12-10(15)14(9)8(2)7-13(3)4/h8H,5-7H2,1-4H3,(H,12,15). The van der Waals surface area contributed by atoms with Gasteiger partial charge in [-0.1, -0.05) is 6.92 Å². The summed E-state index contributed by atoms with van der Waals surface area (Å²) >= 11 is 5.24. The predicted molar refractivity (Wildman–Crippen MR) is 64.7 cm³/mol. The molecule has 0 saturated carbocycles. The molecule has 0 saturated heterocycles. The van der Waals surface area contributed by atoms with Crippen molar-refractivity contribution >= 4 is 12.2 Å². The van der Waals surface area contributed by atoms with Crippen LogP contribution < -0.4 is 0 Å². The molecule has 0 aromatic carbocycles. The average molecular weight is 228 g/mol. The maximum Gasteiger partial charge on any atom is 0.195 e. The summed E-state index contributed by atoms with van der Waals surface area (Å²) in [6.45, 7) is 5.30.